The van der Waals surface area contributed by atoms with E-state index in [4.69, 9.17) is 4.74 Å². The van der Waals surface area contributed by atoms with Crippen LogP contribution in [0.2, 0.25) is 0 Å². The number of methoxy groups -OCH3 is 1. The van der Waals surface area contributed by atoms with Crippen LogP contribution in [0, 0.1) is 0 Å². The SMILES string of the molecule is COc1cccc2c1NC(=O)C1(CCCC1)N2C. The second-order valence-corrected chi connectivity index (χ2v) is 5.11. The summed E-state index contributed by atoms with van der Waals surface area (Å²) in [4.78, 5) is 14.6. The number of anilines is 2. The third-order valence-corrected chi connectivity index (χ3v) is 4.32. The predicted octanol–water partition coefficient (Wildman–Crippen LogP) is 2.40. The Kier molecular flexibility index (Phi) is 2.47. The standard InChI is InChI=1S/C14H18N2O2/c1-16-10-6-5-7-11(18-2)12(10)15-13(17)14(16)8-3-4-9-14/h5-7H,3-4,8-9H2,1-2H3,(H,15,17). The quantitative estimate of drug-likeness (QED) is 0.827. The molecule has 0 atom stereocenters. The Labute approximate surface area is 107 Å². The van der Waals surface area contributed by atoms with Crippen molar-refractivity contribution in [1.82, 2.24) is 0 Å². The summed E-state index contributed by atoms with van der Waals surface area (Å²) in [5.41, 5.74) is 1.50. The van der Waals surface area contributed by atoms with Gasteiger partial charge in [-0.05, 0) is 25.0 Å². The number of benzene rings is 1. The van der Waals surface area contributed by atoms with E-state index in [0.29, 0.717) is 0 Å². The smallest absolute Gasteiger partial charge is 0.250 e. The van der Waals surface area contributed by atoms with E-state index in [9.17, 15) is 4.79 Å². The summed E-state index contributed by atoms with van der Waals surface area (Å²) in [6.07, 6.45) is 4.12. The molecule has 4 heteroatoms. The number of likely N-dealkylation sites (N-methyl/N-ethyl adjacent to an activating group) is 1. The number of hydrogen-bond donors (Lipinski definition) is 1. The highest BCUT2D eigenvalue weighted by molar-refractivity contribution is 6.08. The van der Waals surface area contributed by atoms with Crippen molar-refractivity contribution >= 4 is 17.3 Å². The summed E-state index contributed by atoms with van der Waals surface area (Å²) in [6, 6.07) is 5.88. The molecule has 3 rings (SSSR count). The zero-order valence-corrected chi connectivity index (χ0v) is 10.8. The fourth-order valence-corrected chi connectivity index (χ4v) is 3.23. The van der Waals surface area contributed by atoms with Crippen LogP contribution in [0.1, 0.15) is 25.7 Å². The molecule has 0 aromatic heterocycles. The number of nitrogens with zero attached hydrogens (tertiary/aromatic N) is 1. The minimum absolute atomic E-state index is 0.111. The number of nitrogens with one attached hydrogen (secondary N) is 1. The van der Waals surface area contributed by atoms with Crippen molar-refractivity contribution in [3.05, 3.63) is 18.2 Å². The molecule has 1 aromatic rings. The van der Waals surface area contributed by atoms with Crippen molar-refractivity contribution in [2.45, 2.75) is 31.2 Å². The molecule has 1 aliphatic carbocycles. The summed E-state index contributed by atoms with van der Waals surface area (Å²) < 4.78 is 5.32. The van der Waals surface area contributed by atoms with Gasteiger partial charge in [0.15, 0.2) is 0 Å². The van der Waals surface area contributed by atoms with Crippen LogP contribution in [0.3, 0.4) is 0 Å². The molecular formula is C14H18N2O2. The predicted molar refractivity (Wildman–Crippen MR) is 71.2 cm³/mol. The Balaban J connectivity index is 2.11. The van der Waals surface area contributed by atoms with Crippen LogP contribution in [-0.4, -0.2) is 25.6 Å². The Morgan fingerprint density at radius 1 is 1.33 bits per heavy atom. The lowest BCUT2D eigenvalue weighted by Gasteiger charge is -2.43. The van der Waals surface area contributed by atoms with Crippen LogP contribution in [0.15, 0.2) is 18.2 Å². The van der Waals surface area contributed by atoms with Crippen LogP contribution in [-0.2, 0) is 4.79 Å². The summed E-state index contributed by atoms with van der Waals surface area (Å²) in [5, 5.41) is 3.04. The van der Waals surface area contributed by atoms with Gasteiger partial charge in [0.2, 0.25) is 5.91 Å². The van der Waals surface area contributed by atoms with E-state index >= 15 is 0 Å². The van der Waals surface area contributed by atoms with Crippen LogP contribution in [0.4, 0.5) is 11.4 Å². The van der Waals surface area contributed by atoms with E-state index in [2.05, 4.69) is 10.2 Å². The Morgan fingerprint density at radius 2 is 2.06 bits per heavy atom. The largest absolute Gasteiger partial charge is 0.494 e. The maximum atomic E-state index is 12.5. The number of amides is 1. The molecule has 1 aliphatic heterocycles. The molecule has 0 bridgehead atoms. The van der Waals surface area contributed by atoms with Crippen molar-refractivity contribution in [2.75, 3.05) is 24.4 Å². The van der Waals surface area contributed by atoms with Gasteiger partial charge < -0.3 is 15.0 Å². The van der Waals surface area contributed by atoms with Crippen molar-refractivity contribution in [3.63, 3.8) is 0 Å². The molecule has 0 unspecified atom stereocenters. The maximum Gasteiger partial charge on any atom is 0.250 e. The summed E-state index contributed by atoms with van der Waals surface area (Å²) in [7, 11) is 3.64. The van der Waals surface area contributed by atoms with Gasteiger partial charge in [0.1, 0.15) is 17.0 Å². The molecule has 0 radical (unpaired) electrons. The number of carbonyl (C=O) groups is 1. The number of ether oxygens (including phenoxy) is 1. The van der Waals surface area contributed by atoms with Gasteiger partial charge in [-0.25, -0.2) is 0 Å². The minimum atomic E-state index is -0.348. The first-order valence-corrected chi connectivity index (χ1v) is 6.41. The molecule has 1 heterocycles. The normalized spacial score (nSPS) is 20.8. The van der Waals surface area contributed by atoms with Gasteiger partial charge in [0.25, 0.3) is 0 Å². The molecule has 96 valence electrons. The lowest BCUT2D eigenvalue weighted by Crippen LogP contribution is -2.56. The molecule has 1 aromatic carbocycles. The summed E-state index contributed by atoms with van der Waals surface area (Å²) in [5.74, 6) is 0.833. The van der Waals surface area contributed by atoms with E-state index in [1.165, 1.54) is 0 Å². The molecule has 1 spiro atoms. The highest BCUT2D eigenvalue weighted by Crippen LogP contribution is 2.46. The first kappa shape index (κ1) is 11.4. The summed E-state index contributed by atoms with van der Waals surface area (Å²) >= 11 is 0. The first-order chi connectivity index (χ1) is 8.69. The zero-order valence-electron chi connectivity index (χ0n) is 10.8. The van der Waals surface area contributed by atoms with Gasteiger partial charge in [0, 0.05) is 7.05 Å². The van der Waals surface area contributed by atoms with E-state index in [1.807, 2.05) is 25.2 Å². The highest BCUT2D eigenvalue weighted by Gasteiger charge is 2.48. The number of rotatable bonds is 1. The number of carbonyl (C=O) groups excluding carboxylic acids is 1. The van der Waals surface area contributed by atoms with Gasteiger partial charge in [-0.2, -0.15) is 0 Å². The van der Waals surface area contributed by atoms with Gasteiger partial charge in [-0.1, -0.05) is 18.9 Å². The Hall–Kier alpha value is -1.71. The Bertz CT molecular complexity index is 493. The number of hydrogen-bond acceptors (Lipinski definition) is 3. The van der Waals surface area contributed by atoms with Crippen molar-refractivity contribution in [3.8, 4) is 5.75 Å². The average Bonchev–Trinajstić information content (AvgIpc) is 2.87. The second-order valence-electron chi connectivity index (χ2n) is 5.11. The molecule has 1 fully saturated rings. The third kappa shape index (κ3) is 1.35. The molecular weight excluding hydrogens is 228 g/mol. The summed E-state index contributed by atoms with van der Waals surface area (Å²) in [6.45, 7) is 0. The van der Waals surface area contributed by atoms with Crippen LogP contribution < -0.4 is 15.0 Å². The van der Waals surface area contributed by atoms with Crippen molar-refractivity contribution < 1.29 is 9.53 Å². The molecule has 1 N–H and O–H groups in total. The lowest BCUT2D eigenvalue weighted by molar-refractivity contribution is -0.121. The fraction of sp³-hybridized carbons (Fsp3) is 0.500. The highest BCUT2D eigenvalue weighted by atomic mass is 16.5. The zero-order chi connectivity index (χ0) is 12.8. The van der Waals surface area contributed by atoms with Crippen LogP contribution >= 0.6 is 0 Å². The topological polar surface area (TPSA) is 41.6 Å². The van der Waals surface area contributed by atoms with E-state index < -0.39 is 0 Å². The van der Waals surface area contributed by atoms with Crippen LogP contribution in [0.25, 0.3) is 0 Å². The number of para-hydroxylation sites is 1. The van der Waals surface area contributed by atoms with Gasteiger partial charge >= 0.3 is 0 Å². The molecule has 18 heavy (non-hydrogen) atoms. The van der Waals surface area contributed by atoms with Gasteiger partial charge in [-0.15, -0.1) is 0 Å². The van der Waals surface area contributed by atoms with Gasteiger partial charge in [-0.3, -0.25) is 4.79 Å². The first-order valence-electron chi connectivity index (χ1n) is 6.41. The monoisotopic (exact) mass is 246 g/mol. The molecule has 1 saturated carbocycles. The van der Waals surface area contributed by atoms with Crippen molar-refractivity contribution in [1.29, 1.82) is 0 Å². The average molecular weight is 246 g/mol. The molecule has 2 aliphatic rings. The number of fused-ring (bicyclic) bond motifs is 1. The molecule has 1 amide bonds. The maximum absolute atomic E-state index is 12.5. The van der Waals surface area contributed by atoms with E-state index in [-0.39, 0.29) is 11.4 Å². The van der Waals surface area contributed by atoms with Gasteiger partial charge in [0.05, 0.1) is 12.8 Å². The Morgan fingerprint density at radius 3 is 2.72 bits per heavy atom. The molecule has 0 saturated heterocycles. The van der Waals surface area contributed by atoms with Crippen LogP contribution in [0.5, 0.6) is 5.75 Å². The molecule has 4 nitrogen and oxygen atoms in total. The van der Waals surface area contributed by atoms with E-state index in [0.717, 1.165) is 42.8 Å². The lowest BCUT2D eigenvalue weighted by atomic mass is 9.90. The fourth-order valence-electron chi connectivity index (χ4n) is 3.23. The van der Waals surface area contributed by atoms with E-state index in [1.54, 1.807) is 7.11 Å². The van der Waals surface area contributed by atoms with Crippen molar-refractivity contribution in [2.24, 2.45) is 0 Å². The minimum Gasteiger partial charge on any atom is -0.494 e. The third-order valence-electron chi connectivity index (χ3n) is 4.32. The second kappa shape index (κ2) is 3.90.